The molecule has 0 atom stereocenters. The second-order valence-corrected chi connectivity index (χ2v) is 10.4. The topological polar surface area (TPSA) is 102 Å². The molecule has 0 aliphatic carbocycles. The van der Waals surface area contributed by atoms with Gasteiger partial charge in [-0.05, 0) is 50.2 Å². The molecule has 0 bridgehead atoms. The first-order chi connectivity index (χ1) is 18.8. The monoisotopic (exact) mass is 540 g/mol. The van der Waals surface area contributed by atoms with Crippen molar-refractivity contribution in [1.29, 1.82) is 0 Å². The number of thiazole rings is 1. The van der Waals surface area contributed by atoms with Crippen LogP contribution in [0.4, 0.5) is 5.69 Å². The maximum Gasteiger partial charge on any atom is 0.249 e. The van der Waals surface area contributed by atoms with E-state index in [4.69, 9.17) is 9.72 Å². The van der Waals surface area contributed by atoms with Gasteiger partial charge in [-0.15, -0.1) is 16.4 Å². The lowest BCUT2D eigenvalue weighted by atomic mass is 10.0. The van der Waals surface area contributed by atoms with E-state index >= 15 is 0 Å². The first kappa shape index (κ1) is 26.1. The number of anilines is 1. The van der Waals surface area contributed by atoms with Gasteiger partial charge in [0, 0.05) is 16.6 Å². The summed E-state index contributed by atoms with van der Waals surface area (Å²) in [6.07, 6.45) is 0. The highest BCUT2D eigenvalue weighted by Gasteiger charge is 2.38. The van der Waals surface area contributed by atoms with Gasteiger partial charge in [0.25, 0.3) is 0 Å². The molecule has 2 heterocycles. The van der Waals surface area contributed by atoms with Gasteiger partial charge in [0.15, 0.2) is 0 Å². The lowest BCUT2D eigenvalue weighted by Gasteiger charge is -2.37. The molecule has 0 spiro atoms. The van der Waals surface area contributed by atoms with E-state index in [1.54, 1.807) is 54.8 Å². The lowest BCUT2D eigenvalue weighted by Crippen LogP contribution is -2.55. The molecule has 0 fully saturated rings. The van der Waals surface area contributed by atoms with Crippen LogP contribution in [0.15, 0.2) is 84.2 Å². The van der Waals surface area contributed by atoms with Gasteiger partial charge in [0.05, 0.1) is 24.9 Å². The maximum absolute atomic E-state index is 13.8. The van der Waals surface area contributed by atoms with Gasteiger partial charge in [-0.3, -0.25) is 9.59 Å². The number of hydrogen-bond donors (Lipinski definition) is 1. The molecule has 39 heavy (non-hydrogen) atoms. The number of nitrogens with zero attached hydrogens (tertiary/aromatic N) is 5. The van der Waals surface area contributed by atoms with Crippen LogP contribution < -0.4 is 10.1 Å². The Balaban J connectivity index is 1.43. The first-order valence-electron chi connectivity index (χ1n) is 12.4. The Bertz CT molecular complexity index is 1590. The third kappa shape index (κ3) is 5.65. The van der Waals surface area contributed by atoms with E-state index < -0.39 is 5.54 Å². The van der Waals surface area contributed by atoms with Crippen molar-refractivity contribution in [2.75, 3.05) is 12.4 Å². The van der Waals surface area contributed by atoms with E-state index in [-0.39, 0.29) is 24.9 Å². The number of benzene rings is 3. The highest BCUT2D eigenvalue weighted by atomic mass is 32.1. The Labute approximate surface area is 230 Å². The van der Waals surface area contributed by atoms with Crippen LogP contribution >= 0.6 is 11.3 Å². The summed E-state index contributed by atoms with van der Waals surface area (Å²) >= 11 is 1.45. The number of nitrogens with one attached hydrogen (secondary N) is 1. The molecule has 0 radical (unpaired) electrons. The maximum atomic E-state index is 13.8. The number of carbonyl (C=O) groups is 2. The molecule has 5 aromatic rings. The van der Waals surface area contributed by atoms with Gasteiger partial charge in [-0.1, -0.05) is 47.7 Å². The van der Waals surface area contributed by atoms with Gasteiger partial charge in [-0.25, -0.2) is 9.67 Å². The van der Waals surface area contributed by atoms with Crippen molar-refractivity contribution >= 4 is 39.9 Å². The smallest absolute Gasteiger partial charge is 0.249 e. The van der Waals surface area contributed by atoms with Crippen molar-refractivity contribution < 1.29 is 14.3 Å². The van der Waals surface area contributed by atoms with Crippen LogP contribution in [-0.4, -0.2) is 49.3 Å². The second kappa shape index (κ2) is 11.0. The predicted molar refractivity (Wildman–Crippen MR) is 151 cm³/mol. The fourth-order valence-electron chi connectivity index (χ4n) is 4.19. The summed E-state index contributed by atoms with van der Waals surface area (Å²) in [5, 5.41) is 13.9. The van der Waals surface area contributed by atoms with Crippen LogP contribution in [-0.2, 0) is 22.7 Å². The average Bonchev–Trinajstić information content (AvgIpc) is 3.60. The van der Waals surface area contributed by atoms with Crippen molar-refractivity contribution in [1.82, 2.24) is 24.9 Å². The van der Waals surface area contributed by atoms with Crippen molar-refractivity contribution in [3.63, 3.8) is 0 Å². The Kier molecular flexibility index (Phi) is 7.38. The molecule has 0 unspecified atom stereocenters. The highest BCUT2D eigenvalue weighted by Crippen LogP contribution is 2.27. The van der Waals surface area contributed by atoms with Crippen molar-refractivity contribution in [2.24, 2.45) is 0 Å². The molecule has 5 rings (SSSR count). The van der Waals surface area contributed by atoms with E-state index in [2.05, 4.69) is 15.6 Å². The second-order valence-electron chi connectivity index (χ2n) is 9.45. The molecule has 2 aromatic heterocycles. The lowest BCUT2D eigenvalue weighted by molar-refractivity contribution is -0.145. The summed E-state index contributed by atoms with van der Waals surface area (Å²) in [6, 6.07) is 24.3. The van der Waals surface area contributed by atoms with Gasteiger partial charge in [-0.2, -0.15) is 0 Å². The summed E-state index contributed by atoms with van der Waals surface area (Å²) in [5.74, 6) is 0.0726. The summed E-state index contributed by atoms with van der Waals surface area (Å²) in [4.78, 5) is 33.7. The Hall–Kier alpha value is -4.57. The number of aromatic nitrogens is 4. The number of fused-ring (bicyclic) bond motifs is 1. The number of ether oxygens (including phenoxy) is 1. The minimum atomic E-state index is -1.22. The van der Waals surface area contributed by atoms with E-state index in [0.29, 0.717) is 17.0 Å². The number of amides is 2. The molecule has 9 nitrogen and oxygen atoms in total. The zero-order valence-electron chi connectivity index (χ0n) is 21.9. The summed E-state index contributed by atoms with van der Waals surface area (Å²) in [6.45, 7) is 3.55. The third-order valence-electron chi connectivity index (χ3n) is 6.50. The molecule has 2 amide bonds. The van der Waals surface area contributed by atoms with Crippen LogP contribution in [0.25, 0.3) is 22.3 Å². The number of carbonyl (C=O) groups excluding carboxylic acids is 2. The normalized spacial score (nSPS) is 11.4. The predicted octanol–water partition coefficient (Wildman–Crippen LogP) is 5.01. The van der Waals surface area contributed by atoms with Gasteiger partial charge in [0.2, 0.25) is 11.8 Å². The Morgan fingerprint density at radius 2 is 1.72 bits per heavy atom. The number of para-hydroxylation sites is 1. The largest absolute Gasteiger partial charge is 0.497 e. The standard InChI is InChI=1S/C29H28N6O3S/c1-29(2,28(37)30-21-13-15-22(38-3)16-14-21)34(17-26-31-24(19-39-26)20-9-5-4-6-10-20)27(36)18-35-25-12-8-7-11-23(25)32-33-35/h4-16,19H,17-18H2,1-3H3,(H,30,37). The zero-order chi connectivity index (χ0) is 27.4. The van der Waals surface area contributed by atoms with Crippen LogP contribution in [0.5, 0.6) is 5.75 Å². The molecule has 0 aliphatic heterocycles. The van der Waals surface area contributed by atoms with Crippen LogP contribution in [0.1, 0.15) is 18.9 Å². The quantitative estimate of drug-likeness (QED) is 0.282. The molecule has 3 aromatic carbocycles. The first-order valence-corrected chi connectivity index (χ1v) is 13.3. The molecular weight excluding hydrogens is 512 g/mol. The number of hydrogen-bond acceptors (Lipinski definition) is 7. The fourth-order valence-corrected chi connectivity index (χ4v) is 4.98. The van der Waals surface area contributed by atoms with Crippen LogP contribution in [0, 0.1) is 0 Å². The summed E-state index contributed by atoms with van der Waals surface area (Å²) < 4.78 is 6.76. The minimum Gasteiger partial charge on any atom is -0.497 e. The van der Waals surface area contributed by atoms with Gasteiger partial charge >= 0.3 is 0 Å². The molecular formula is C29H28N6O3S. The molecule has 1 N–H and O–H groups in total. The van der Waals surface area contributed by atoms with E-state index in [9.17, 15) is 9.59 Å². The molecule has 198 valence electrons. The molecule has 0 saturated heterocycles. The van der Waals surface area contributed by atoms with Crippen molar-refractivity contribution in [2.45, 2.75) is 32.5 Å². The Morgan fingerprint density at radius 3 is 2.46 bits per heavy atom. The fraction of sp³-hybridized carbons (Fsp3) is 0.207. The summed E-state index contributed by atoms with van der Waals surface area (Å²) in [5.41, 5.74) is 2.64. The van der Waals surface area contributed by atoms with Crippen molar-refractivity contribution in [3.05, 3.63) is 89.3 Å². The number of methoxy groups -OCH3 is 1. The number of rotatable bonds is 9. The zero-order valence-corrected chi connectivity index (χ0v) is 22.7. The van der Waals surface area contributed by atoms with Gasteiger partial charge in [0.1, 0.15) is 28.4 Å². The molecule has 10 heteroatoms. The van der Waals surface area contributed by atoms with Gasteiger partial charge < -0.3 is 15.0 Å². The molecule has 0 saturated carbocycles. The SMILES string of the molecule is COc1ccc(NC(=O)C(C)(C)N(Cc2nc(-c3ccccc3)cs2)C(=O)Cn2nnc3ccccc32)cc1. The minimum absolute atomic E-state index is 0.0727. The van der Waals surface area contributed by atoms with Crippen LogP contribution in [0.3, 0.4) is 0 Å². The van der Waals surface area contributed by atoms with E-state index in [1.165, 1.54) is 11.3 Å². The molecule has 0 aliphatic rings. The van der Waals surface area contributed by atoms with E-state index in [0.717, 1.165) is 21.8 Å². The average molecular weight is 541 g/mol. The van der Waals surface area contributed by atoms with E-state index in [1.807, 2.05) is 60.0 Å². The highest BCUT2D eigenvalue weighted by molar-refractivity contribution is 7.09. The van der Waals surface area contributed by atoms with Crippen LogP contribution in [0.2, 0.25) is 0 Å². The summed E-state index contributed by atoms with van der Waals surface area (Å²) in [7, 11) is 1.58. The third-order valence-corrected chi connectivity index (χ3v) is 7.33. The van der Waals surface area contributed by atoms with Crippen molar-refractivity contribution in [3.8, 4) is 17.0 Å². The Morgan fingerprint density at radius 1 is 1.00 bits per heavy atom.